The first-order chi connectivity index (χ1) is 6.15. The summed E-state index contributed by atoms with van der Waals surface area (Å²) in [6.07, 6.45) is 1.40. The van der Waals surface area contributed by atoms with Crippen LogP contribution in [-0.2, 0) is 4.74 Å². The van der Waals surface area contributed by atoms with Crippen molar-refractivity contribution < 1.29 is 9.53 Å². The van der Waals surface area contributed by atoms with Gasteiger partial charge in [0.1, 0.15) is 0 Å². The number of carbonyl (C=O) groups is 1. The Morgan fingerprint density at radius 2 is 2.46 bits per heavy atom. The third-order valence-electron chi connectivity index (χ3n) is 1.28. The molecule has 5 heteroatoms. The summed E-state index contributed by atoms with van der Waals surface area (Å²) in [4.78, 5) is 15.1. The predicted octanol–water partition coefficient (Wildman–Crippen LogP) is 2.67. The van der Waals surface area contributed by atoms with Crippen LogP contribution in [0.5, 0.6) is 0 Å². The average molecular weight is 265 g/mol. The van der Waals surface area contributed by atoms with Crippen LogP contribution in [0.15, 0.2) is 16.7 Å². The summed E-state index contributed by atoms with van der Waals surface area (Å²) in [7, 11) is 0. The van der Waals surface area contributed by atoms with Gasteiger partial charge in [-0.15, -0.1) is 0 Å². The summed E-state index contributed by atoms with van der Waals surface area (Å²) in [6, 6.07) is 1.60. The van der Waals surface area contributed by atoms with Crippen molar-refractivity contribution >= 4 is 33.5 Å². The maximum atomic E-state index is 11.2. The number of aromatic nitrogens is 1. The minimum absolute atomic E-state index is 0.242. The highest BCUT2D eigenvalue weighted by Crippen LogP contribution is 2.19. The predicted molar refractivity (Wildman–Crippen MR) is 52.9 cm³/mol. The zero-order chi connectivity index (χ0) is 9.84. The van der Waals surface area contributed by atoms with Crippen molar-refractivity contribution in [1.29, 1.82) is 0 Å². The van der Waals surface area contributed by atoms with Crippen LogP contribution in [0.3, 0.4) is 0 Å². The van der Waals surface area contributed by atoms with Gasteiger partial charge in [-0.25, -0.2) is 9.78 Å². The van der Waals surface area contributed by atoms with E-state index in [9.17, 15) is 4.79 Å². The molecule has 0 fully saturated rings. The first kappa shape index (κ1) is 10.5. The Hall–Kier alpha value is -0.610. The second-order valence-electron chi connectivity index (χ2n) is 2.20. The van der Waals surface area contributed by atoms with E-state index >= 15 is 0 Å². The lowest BCUT2D eigenvalue weighted by atomic mass is 10.3. The number of esters is 1. The van der Waals surface area contributed by atoms with Crippen LogP contribution in [-0.4, -0.2) is 17.6 Å². The number of nitrogens with zero attached hydrogens (tertiary/aromatic N) is 1. The Morgan fingerprint density at radius 1 is 1.77 bits per heavy atom. The van der Waals surface area contributed by atoms with E-state index in [1.807, 2.05) is 0 Å². The van der Waals surface area contributed by atoms with Crippen LogP contribution in [0.2, 0.25) is 5.02 Å². The number of rotatable bonds is 2. The van der Waals surface area contributed by atoms with Crippen molar-refractivity contribution in [2.45, 2.75) is 6.92 Å². The van der Waals surface area contributed by atoms with Crippen molar-refractivity contribution in [1.82, 2.24) is 4.98 Å². The standard InChI is InChI=1S/C8H7BrClNO2/c1-2-13-8(12)7-6(9)3-5(10)4-11-7/h3-4H,2H2,1H3. The van der Waals surface area contributed by atoms with E-state index in [0.29, 0.717) is 16.1 Å². The van der Waals surface area contributed by atoms with E-state index in [-0.39, 0.29) is 5.69 Å². The highest BCUT2D eigenvalue weighted by Gasteiger charge is 2.12. The van der Waals surface area contributed by atoms with Gasteiger partial charge < -0.3 is 4.74 Å². The molecule has 3 nitrogen and oxygen atoms in total. The van der Waals surface area contributed by atoms with Gasteiger partial charge in [-0.05, 0) is 28.9 Å². The fourth-order valence-electron chi connectivity index (χ4n) is 0.764. The molecule has 0 aliphatic heterocycles. The number of pyridine rings is 1. The highest BCUT2D eigenvalue weighted by molar-refractivity contribution is 9.10. The Bertz CT molecular complexity index is 330. The third kappa shape index (κ3) is 2.67. The first-order valence-electron chi connectivity index (χ1n) is 3.63. The molecule has 0 radical (unpaired) electrons. The molecule has 1 heterocycles. The molecular formula is C8H7BrClNO2. The van der Waals surface area contributed by atoms with Crippen LogP contribution in [0, 0.1) is 0 Å². The summed E-state index contributed by atoms with van der Waals surface area (Å²) in [5.74, 6) is -0.453. The first-order valence-corrected chi connectivity index (χ1v) is 4.80. The van der Waals surface area contributed by atoms with Crippen molar-refractivity contribution in [2.75, 3.05) is 6.61 Å². The van der Waals surface area contributed by atoms with Crippen LogP contribution in [0.4, 0.5) is 0 Å². The van der Waals surface area contributed by atoms with E-state index in [1.165, 1.54) is 6.20 Å². The molecule has 0 amide bonds. The summed E-state index contributed by atoms with van der Waals surface area (Å²) < 4.78 is 5.31. The molecule has 0 saturated carbocycles. The topological polar surface area (TPSA) is 39.2 Å². The van der Waals surface area contributed by atoms with E-state index in [0.717, 1.165) is 0 Å². The summed E-state index contributed by atoms with van der Waals surface area (Å²) >= 11 is 8.82. The second kappa shape index (κ2) is 4.58. The number of hydrogen-bond acceptors (Lipinski definition) is 3. The molecule has 0 saturated heterocycles. The fourth-order valence-corrected chi connectivity index (χ4v) is 1.56. The van der Waals surface area contributed by atoms with Crippen molar-refractivity contribution in [3.8, 4) is 0 Å². The molecule has 0 bridgehead atoms. The molecule has 0 spiro atoms. The molecule has 0 aliphatic rings. The molecule has 0 aromatic carbocycles. The van der Waals surface area contributed by atoms with Gasteiger partial charge in [-0.3, -0.25) is 0 Å². The highest BCUT2D eigenvalue weighted by atomic mass is 79.9. The summed E-state index contributed by atoms with van der Waals surface area (Å²) in [5, 5.41) is 0.472. The van der Waals surface area contributed by atoms with E-state index < -0.39 is 5.97 Å². The Balaban J connectivity index is 2.95. The van der Waals surface area contributed by atoms with Crippen LogP contribution >= 0.6 is 27.5 Å². The Kier molecular flexibility index (Phi) is 3.69. The van der Waals surface area contributed by atoms with Gasteiger partial charge >= 0.3 is 5.97 Å². The monoisotopic (exact) mass is 263 g/mol. The third-order valence-corrected chi connectivity index (χ3v) is 2.09. The maximum Gasteiger partial charge on any atom is 0.358 e. The molecule has 1 rings (SSSR count). The van der Waals surface area contributed by atoms with Crippen molar-refractivity contribution in [3.05, 3.63) is 27.5 Å². The van der Waals surface area contributed by atoms with Gasteiger partial charge in [0.15, 0.2) is 5.69 Å². The summed E-state index contributed by atoms with van der Waals surface area (Å²) in [6.45, 7) is 2.07. The van der Waals surface area contributed by atoms with Crippen molar-refractivity contribution in [2.24, 2.45) is 0 Å². The number of carbonyl (C=O) groups excluding carboxylic acids is 1. The Labute approximate surface area is 89.2 Å². The molecule has 1 aromatic heterocycles. The lowest BCUT2D eigenvalue weighted by Gasteiger charge is -2.02. The van der Waals surface area contributed by atoms with Gasteiger partial charge in [-0.2, -0.15) is 0 Å². The number of hydrogen-bond donors (Lipinski definition) is 0. The molecule has 0 aliphatic carbocycles. The zero-order valence-electron chi connectivity index (χ0n) is 6.88. The smallest absolute Gasteiger partial charge is 0.358 e. The average Bonchev–Trinajstić information content (AvgIpc) is 2.04. The van der Waals surface area contributed by atoms with Gasteiger partial charge in [0.05, 0.1) is 16.1 Å². The largest absolute Gasteiger partial charge is 0.461 e. The minimum atomic E-state index is -0.453. The molecule has 0 atom stereocenters. The maximum absolute atomic E-state index is 11.2. The molecular weight excluding hydrogens is 257 g/mol. The molecule has 0 unspecified atom stereocenters. The van der Waals surface area contributed by atoms with Crippen LogP contribution in [0.25, 0.3) is 0 Å². The van der Waals surface area contributed by atoms with Gasteiger partial charge in [0.25, 0.3) is 0 Å². The normalized spacial score (nSPS) is 9.77. The number of halogens is 2. The van der Waals surface area contributed by atoms with E-state index in [4.69, 9.17) is 16.3 Å². The van der Waals surface area contributed by atoms with Gasteiger partial charge in [0.2, 0.25) is 0 Å². The van der Waals surface area contributed by atoms with Crippen LogP contribution < -0.4 is 0 Å². The van der Waals surface area contributed by atoms with E-state index in [1.54, 1.807) is 13.0 Å². The summed E-state index contributed by atoms with van der Waals surface area (Å²) in [5.41, 5.74) is 0.242. The number of ether oxygens (including phenoxy) is 1. The SMILES string of the molecule is CCOC(=O)c1ncc(Cl)cc1Br. The molecule has 0 N–H and O–H groups in total. The lowest BCUT2D eigenvalue weighted by molar-refractivity contribution is 0.0518. The van der Waals surface area contributed by atoms with E-state index in [2.05, 4.69) is 20.9 Å². The van der Waals surface area contributed by atoms with Crippen LogP contribution in [0.1, 0.15) is 17.4 Å². The fraction of sp³-hybridized carbons (Fsp3) is 0.250. The lowest BCUT2D eigenvalue weighted by Crippen LogP contribution is -2.07. The molecule has 1 aromatic rings. The van der Waals surface area contributed by atoms with Gasteiger partial charge in [-0.1, -0.05) is 11.6 Å². The Morgan fingerprint density at radius 3 is 3.00 bits per heavy atom. The minimum Gasteiger partial charge on any atom is -0.461 e. The zero-order valence-corrected chi connectivity index (χ0v) is 9.22. The molecule has 13 heavy (non-hydrogen) atoms. The molecule has 70 valence electrons. The quantitative estimate of drug-likeness (QED) is 0.771. The van der Waals surface area contributed by atoms with Crippen molar-refractivity contribution in [3.63, 3.8) is 0 Å². The second-order valence-corrected chi connectivity index (χ2v) is 3.50. The van der Waals surface area contributed by atoms with Gasteiger partial charge in [0, 0.05) is 6.20 Å².